The lowest BCUT2D eigenvalue weighted by atomic mass is 10.3. The Morgan fingerprint density at radius 1 is 1.05 bits per heavy atom. The molecule has 0 fully saturated rings. The molecule has 0 aliphatic carbocycles. The standard InChI is InChI=1S/C12H10F2N2O2S/c13-11-2-1-10(7-12(11)14)19(17,18)16-8-9-3-5-15-6-4-9/h1-7,16H,8H2. The van der Waals surface area contributed by atoms with Gasteiger partial charge in [-0.05, 0) is 35.9 Å². The number of aromatic nitrogens is 1. The lowest BCUT2D eigenvalue weighted by Gasteiger charge is -2.07. The van der Waals surface area contributed by atoms with Crippen molar-refractivity contribution in [1.82, 2.24) is 9.71 Å². The molecule has 0 spiro atoms. The summed E-state index contributed by atoms with van der Waals surface area (Å²) in [4.78, 5) is 3.48. The molecule has 0 saturated heterocycles. The topological polar surface area (TPSA) is 59.1 Å². The summed E-state index contributed by atoms with van der Waals surface area (Å²) in [7, 11) is -3.87. The minimum absolute atomic E-state index is 0.0455. The van der Waals surface area contributed by atoms with Gasteiger partial charge in [-0.25, -0.2) is 21.9 Å². The van der Waals surface area contributed by atoms with Crippen molar-refractivity contribution in [3.63, 3.8) is 0 Å². The summed E-state index contributed by atoms with van der Waals surface area (Å²) >= 11 is 0. The summed E-state index contributed by atoms with van der Waals surface area (Å²) in [5.74, 6) is -2.29. The highest BCUT2D eigenvalue weighted by Gasteiger charge is 2.16. The van der Waals surface area contributed by atoms with Crippen LogP contribution in [0.4, 0.5) is 8.78 Å². The molecule has 7 heteroatoms. The first kappa shape index (κ1) is 13.6. The number of rotatable bonds is 4. The Morgan fingerprint density at radius 2 is 1.74 bits per heavy atom. The van der Waals surface area contributed by atoms with Crippen LogP contribution in [0.15, 0.2) is 47.6 Å². The summed E-state index contributed by atoms with van der Waals surface area (Å²) < 4.78 is 51.7. The van der Waals surface area contributed by atoms with E-state index < -0.39 is 21.7 Å². The normalized spacial score (nSPS) is 11.5. The number of sulfonamides is 1. The molecule has 0 atom stereocenters. The van der Waals surface area contributed by atoms with Crippen LogP contribution in [0.1, 0.15) is 5.56 Å². The molecule has 1 aromatic heterocycles. The fraction of sp³-hybridized carbons (Fsp3) is 0.0833. The van der Waals surface area contributed by atoms with Crippen molar-refractivity contribution in [2.75, 3.05) is 0 Å². The molecule has 1 heterocycles. The Balaban J connectivity index is 2.16. The average Bonchev–Trinajstić information content (AvgIpc) is 2.41. The second-order valence-electron chi connectivity index (χ2n) is 3.76. The Bertz CT molecular complexity index is 675. The van der Waals surface area contributed by atoms with Gasteiger partial charge >= 0.3 is 0 Å². The van der Waals surface area contributed by atoms with E-state index in [-0.39, 0.29) is 11.4 Å². The molecule has 0 bridgehead atoms. The lowest BCUT2D eigenvalue weighted by Crippen LogP contribution is -2.23. The fourth-order valence-electron chi connectivity index (χ4n) is 1.41. The minimum atomic E-state index is -3.87. The third-order valence-corrected chi connectivity index (χ3v) is 3.82. The maximum Gasteiger partial charge on any atom is 0.240 e. The molecule has 0 saturated carbocycles. The number of benzene rings is 1. The van der Waals surface area contributed by atoms with Crippen LogP contribution < -0.4 is 4.72 Å². The first-order valence-corrected chi connectivity index (χ1v) is 6.81. The Morgan fingerprint density at radius 3 is 2.37 bits per heavy atom. The zero-order valence-corrected chi connectivity index (χ0v) is 10.5. The Hall–Kier alpha value is -1.86. The summed E-state index contributed by atoms with van der Waals surface area (Å²) in [5, 5.41) is 0. The SMILES string of the molecule is O=S(=O)(NCc1ccncc1)c1ccc(F)c(F)c1. The van der Waals surface area contributed by atoms with Gasteiger partial charge in [0.2, 0.25) is 10.0 Å². The van der Waals surface area contributed by atoms with E-state index in [4.69, 9.17) is 0 Å². The molecule has 1 N–H and O–H groups in total. The summed E-state index contributed by atoms with van der Waals surface area (Å²) in [6.07, 6.45) is 3.06. The fourth-order valence-corrected chi connectivity index (χ4v) is 2.44. The molecule has 0 amide bonds. The molecule has 1 aromatic carbocycles. The van der Waals surface area contributed by atoms with Gasteiger partial charge < -0.3 is 0 Å². The van der Waals surface area contributed by atoms with Crippen LogP contribution in [-0.4, -0.2) is 13.4 Å². The highest BCUT2D eigenvalue weighted by atomic mass is 32.2. The van der Waals surface area contributed by atoms with Gasteiger partial charge in [0.05, 0.1) is 4.90 Å². The van der Waals surface area contributed by atoms with E-state index in [2.05, 4.69) is 9.71 Å². The van der Waals surface area contributed by atoms with Crippen LogP contribution >= 0.6 is 0 Å². The summed E-state index contributed by atoms with van der Waals surface area (Å²) in [5.41, 5.74) is 0.709. The lowest BCUT2D eigenvalue weighted by molar-refractivity contribution is 0.504. The smallest absolute Gasteiger partial charge is 0.240 e. The van der Waals surface area contributed by atoms with Crippen molar-refractivity contribution in [3.8, 4) is 0 Å². The second kappa shape index (κ2) is 5.41. The number of halogens is 2. The third-order valence-electron chi connectivity index (χ3n) is 2.42. The van der Waals surface area contributed by atoms with E-state index in [0.29, 0.717) is 11.6 Å². The molecule has 0 radical (unpaired) electrons. The van der Waals surface area contributed by atoms with Crippen LogP contribution in [0, 0.1) is 11.6 Å². The van der Waals surface area contributed by atoms with Crippen molar-refractivity contribution in [2.45, 2.75) is 11.4 Å². The minimum Gasteiger partial charge on any atom is -0.265 e. The van der Waals surface area contributed by atoms with E-state index >= 15 is 0 Å². The molecular formula is C12H10F2N2O2S. The van der Waals surface area contributed by atoms with Crippen LogP contribution in [-0.2, 0) is 16.6 Å². The van der Waals surface area contributed by atoms with Crippen LogP contribution in [0.2, 0.25) is 0 Å². The van der Waals surface area contributed by atoms with E-state index in [1.165, 1.54) is 12.4 Å². The third kappa shape index (κ3) is 3.33. The largest absolute Gasteiger partial charge is 0.265 e. The van der Waals surface area contributed by atoms with Gasteiger partial charge in [-0.3, -0.25) is 4.98 Å². The Kier molecular flexibility index (Phi) is 3.87. The Labute approximate surface area is 109 Å². The maximum atomic E-state index is 13.0. The number of nitrogens with zero attached hydrogens (tertiary/aromatic N) is 1. The number of hydrogen-bond donors (Lipinski definition) is 1. The van der Waals surface area contributed by atoms with E-state index in [0.717, 1.165) is 12.1 Å². The van der Waals surface area contributed by atoms with Gasteiger partial charge in [-0.2, -0.15) is 0 Å². The van der Waals surface area contributed by atoms with E-state index in [1.54, 1.807) is 12.1 Å². The number of hydrogen-bond acceptors (Lipinski definition) is 3. The predicted molar refractivity (Wildman–Crippen MR) is 64.6 cm³/mol. The zero-order chi connectivity index (χ0) is 13.9. The zero-order valence-electron chi connectivity index (χ0n) is 9.68. The molecular weight excluding hydrogens is 274 g/mol. The van der Waals surface area contributed by atoms with Crippen LogP contribution in [0.3, 0.4) is 0 Å². The summed E-state index contributed by atoms with van der Waals surface area (Å²) in [6.45, 7) is 0.0455. The quantitative estimate of drug-likeness (QED) is 0.932. The van der Waals surface area contributed by atoms with E-state index in [1.807, 2.05) is 0 Å². The van der Waals surface area contributed by atoms with Gasteiger partial charge in [-0.15, -0.1) is 0 Å². The molecule has 19 heavy (non-hydrogen) atoms. The van der Waals surface area contributed by atoms with Crippen LogP contribution in [0.5, 0.6) is 0 Å². The van der Waals surface area contributed by atoms with Gasteiger partial charge in [-0.1, -0.05) is 0 Å². The molecule has 2 aromatic rings. The molecule has 0 aliphatic rings. The molecule has 4 nitrogen and oxygen atoms in total. The van der Waals surface area contributed by atoms with Crippen molar-refractivity contribution in [2.24, 2.45) is 0 Å². The highest BCUT2D eigenvalue weighted by Crippen LogP contribution is 2.14. The van der Waals surface area contributed by atoms with E-state index in [9.17, 15) is 17.2 Å². The van der Waals surface area contributed by atoms with Crippen molar-refractivity contribution >= 4 is 10.0 Å². The summed E-state index contributed by atoms with van der Waals surface area (Å²) in [6, 6.07) is 5.72. The molecule has 0 aliphatic heterocycles. The van der Waals surface area contributed by atoms with Gasteiger partial charge in [0.25, 0.3) is 0 Å². The first-order valence-electron chi connectivity index (χ1n) is 5.33. The molecule has 2 rings (SSSR count). The predicted octanol–water partition coefficient (Wildman–Crippen LogP) is 1.84. The molecule has 100 valence electrons. The monoisotopic (exact) mass is 284 g/mol. The van der Waals surface area contributed by atoms with Gasteiger partial charge in [0.1, 0.15) is 0 Å². The van der Waals surface area contributed by atoms with Gasteiger partial charge in [0.15, 0.2) is 11.6 Å². The molecule has 0 unspecified atom stereocenters. The van der Waals surface area contributed by atoms with Crippen molar-refractivity contribution < 1.29 is 17.2 Å². The maximum absolute atomic E-state index is 13.0. The number of pyridine rings is 1. The van der Waals surface area contributed by atoms with Gasteiger partial charge in [0, 0.05) is 18.9 Å². The highest BCUT2D eigenvalue weighted by molar-refractivity contribution is 7.89. The van der Waals surface area contributed by atoms with Crippen LogP contribution in [0.25, 0.3) is 0 Å². The average molecular weight is 284 g/mol. The second-order valence-corrected chi connectivity index (χ2v) is 5.52. The van der Waals surface area contributed by atoms with Crippen molar-refractivity contribution in [1.29, 1.82) is 0 Å². The number of nitrogens with one attached hydrogen (secondary N) is 1. The van der Waals surface area contributed by atoms with Crippen molar-refractivity contribution in [3.05, 3.63) is 59.9 Å². The first-order chi connectivity index (χ1) is 8.99.